The van der Waals surface area contributed by atoms with Crippen molar-refractivity contribution in [2.75, 3.05) is 72.2 Å². The number of allylic oxidation sites excluding steroid dienone is 2. The molecule has 5 amide bonds. The van der Waals surface area contributed by atoms with Gasteiger partial charge in [0.05, 0.1) is 29.0 Å². The van der Waals surface area contributed by atoms with Crippen molar-refractivity contribution in [2.24, 2.45) is 94.4 Å². The van der Waals surface area contributed by atoms with Gasteiger partial charge in [-0.05, 0) is 242 Å². The molecule has 4 spiro atoms. The maximum Gasteiger partial charge on any atom is 0.303 e. The summed E-state index contributed by atoms with van der Waals surface area (Å²) in [5, 5.41) is 3.66. The largest absolute Gasteiger partial charge is 0.381 e. The van der Waals surface area contributed by atoms with Crippen molar-refractivity contribution in [2.45, 2.75) is 343 Å². The van der Waals surface area contributed by atoms with Gasteiger partial charge >= 0.3 is 20.4 Å². The highest BCUT2D eigenvalue weighted by Crippen LogP contribution is 2.89. The molecule has 13 atom stereocenters. The third kappa shape index (κ3) is 15.1. The van der Waals surface area contributed by atoms with Crippen LogP contribution in [0.5, 0.6) is 0 Å². The van der Waals surface area contributed by atoms with Crippen molar-refractivity contribution in [3.8, 4) is 0 Å². The lowest BCUT2D eigenvalue weighted by Crippen LogP contribution is -2.57. The summed E-state index contributed by atoms with van der Waals surface area (Å²) in [7, 11) is -8.04. The van der Waals surface area contributed by atoms with E-state index in [1.807, 2.05) is 9.80 Å². The van der Waals surface area contributed by atoms with Gasteiger partial charge in [0.25, 0.3) is 0 Å². The first-order chi connectivity index (χ1) is 54.3. The molecule has 0 radical (unpaired) electrons. The topological polar surface area (TPSA) is 285 Å². The fourth-order valence-corrected chi connectivity index (χ4v) is 30.0. The third-order valence-electron chi connectivity index (χ3n) is 36.5. The van der Waals surface area contributed by atoms with Crippen molar-refractivity contribution in [1.82, 2.24) is 38.1 Å². The highest BCUT2D eigenvalue weighted by atomic mass is 32.2. The zero-order valence-corrected chi connectivity index (χ0v) is 73.9. The van der Waals surface area contributed by atoms with E-state index in [0.29, 0.717) is 111 Å². The number of ketones is 2. The zero-order chi connectivity index (χ0) is 82.6. The molecule has 0 aromatic heterocycles. The van der Waals surface area contributed by atoms with Crippen molar-refractivity contribution in [3.05, 3.63) is 25.3 Å². The quantitative estimate of drug-likeness (QED) is 0.0507. The molecule has 24 heteroatoms. The standard InChI is InChI=1S/C50H81N5O7S.C41H66N4O6S/c1-8-36-31-48(36,44(59)52-63(60,61)53-26-14-15-27-53)33-40(56)39-32-50(45(4,5)49(50)22-16-23-49)34-55(39)43(58)37(46(6)24-29-62-30-25-46)18-19-41(47(7)20-11-9-12-21-47)51-42(57)38-17-10-13-28-54(38)35(2)3;1-6-29-25-39(29,35(48)43-52(49,50)44-21-10-11-22-44)27-32(46)31-26-41(36(2,3)40(41)17-12-18-40)28-45(31)34(47)30(37(4)19-23-51-24-20-37)13-14-33(42)38(5)15-8-7-9-16-38/h8,35-39,41H,1,9-34H2,2-7H3,(H,51,57)(H,52,59);6,29-31,33H,1,7-28,42H2,2-5H3,(H,43,48)/t36-,37-,38+,39+,41-,48-,50-;29-,30-,31+,33-,39-,41-/m11/s1. The number of likely N-dealkylation sites (tertiary alicyclic amines) is 3. The van der Waals surface area contributed by atoms with Gasteiger partial charge in [-0.25, -0.2) is 9.44 Å². The average molecular weight is 1640 g/mol. The van der Waals surface area contributed by atoms with E-state index >= 15 is 14.4 Å². The summed E-state index contributed by atoms with van der Waals surface area (Å²) >= 11 is 0. The molecular formula is C91H147N9O13S2. The molecule has 0 aromatic rings. The molecule has 5 N–H and O–H groups in total. The predicted octanol–water partition coefficient (Wildman–Crippen LogP) is 13.2. The number of rotatable bonds is 29. The number of fused-ring (bicyclic) bond motifs is 2. The Morgan fingerprint density at radius 1 is 0.452 bits per heavy atom. The molecule has 7 saturated heterocycles. The van der Waals surface area contributed by atoms with E-state index in [-0.39, 0.29) is 144 Å². The highest BCUT2D eigenvalue weighted by Gasteiger charge is 2.87. The fourth-order valence-electron chi connectivity index (χ4n) is 27.4. The minimum Gasteiger partial charge on any atom is -0.381 e. The average Bonchev–Trinajstić information content (AvgIpc) is 1.46. The number of carbonyl (C=O) groups is 7. The third-order valence-corrected chi connectivity index (χ3v) is 39.5. The van der Waals surface area contributed by atoms with Gasteiger partial charge in [0.1, 0.15) is 0 Å². The molecule has 8 saturated carbocycles. The van der Waals surface area contributed by atoms with Gasteiger partial charge in [-0.15, -0.1) is 13.2 Å². The van der Waals surface area contributed by atoms with E-state index in [2.05, 4.69) is 102 Å². The number of hydrogen-bond donors (Lipinski definition) is 4. The van der Waals surface area contributed by atoms with Gasteiger partial charge in [-0.2, -0.15) is 25.4 Å². The van der Waals surface area contributed by atoms with E-state index in [9.17, 15) is 36.0 Å². The summed E-state index contributed by atoms with van der Waals surface area (Å²) < 4.78 is 72.1. The number of Topliss-reactive ketones (excluding diaryl/α,β-unsaturated/α-hetero) is 2. The Bertz CT molecular complexity index is 3910. The molecule has 15 fully saturated rings. The first kappa shape index (κ1) is 87.2. The monoisotopic (exact) mass is 1640 g/mol. The second-order valence-electron chi connectivity index (χ2n) is 42.7. The summed E-state index contributed by atoms with van der Waals surface area (Å²) in [5.74, 6) is -2.61. The number of ether oxygens (including phenoxy) is 2. The Labute approximate surface area is 690 Å². The van der Waals surface area contributed by atoms with Crippen molar-refractivity contribution in [1.29, 1.82) is 0 Å². The number of hydrogen-bond acceptors (Lipinski definition) is 15. The molecule has 15 rings (SSSR count). The zero-order valence-electron chi connectivity index (χ0n) is 72.2. The SMILES string of the molecule is C=C[C@@H]1C[C@]1(CC(=O)[C@@H]1C[C@@]2(CN1C(=O)[C@@H](CC[C@@H](N)C1(C)CCCCC1)C1(C)CCOCC1)C(C)(C)C21CCC1)C(=O)NS(=O)(=O)N1CCCC1.C=C[C@@H]1C[C@]1(CC(=O)[C@@H]1C[C@@]2(CN1C(=O)[C@@H](CC[C@@H](NC(=O)[C@@H]1CCCCN1C(C)C)C1(C)CCCCC1)C1(C)CCOCC1)C(C)(C)C21CCC1)C(=O)NS(=O)(=O)N1CCCC1. The number of nitrogens with zero attached hydrogens (tertiary/aromatic N) is 5. The van der Waals surface area contributed by atoms with Gasteiger partial charge in [0.15, 0.2) is 11.6 Å². The first-order valence-corrected chi connectivity index (χ1v) is 48.7. The van der Waals surface area contributed by atoms with Crippen LogP contribution in [0.1, 0.15) is 307 Å². The number of nitrogens with two attached hydrogens (primary N) is 1. The minimum atomic E-state index is -4.04. The van der Waals surface area contributed by atoms with Crippen LogP contribution in [0.4, 0.5) is 0 Å². The summed E-state index contributed by atoms with van der Waals surface area (Å²) in [6.07, 6.45) is 35.1. The molecule has 0 bridgehead atoms. The smallest absolute Gasteiger partial charge is 0.303 e. The minimum absolute atomic E-state index is 0.00389. The Morgan fingerprint density at radius 2 is 0.843 bits per heavy atom. The summed E-state index contributed by atoms with van der Waals surface area (Å²) in [6.45, 7) is 36.7. The van der Waals surface area contributed by atoms with Gasteiger partial charge in [-0.1, -0.05) is 125 Å². The Hall–Kier alpha value is -4.17. The number of carbonyl (C=O) groups excluding carboxylic acids is 7. The Kier molecular flexibility index (Phi) is 24.5. The van der Waals surface area contributed by atoms with Gasteiger partial charge in [0, 0.05) is 119 Å². The second kappa shape index (κ2) is 32.3. The van der Waals surface area contributed by atoms with Crippen molar-refractivity contribution < 1.29 is 59.9 Å². The van der Waals surface area contributed by atoms with E-state index < -0.39 is 55.1 Å². The maximum atomic E-state index is 15.9. The molecule has 115 heavy (non-hydrogen) atoms. The Balaban J connectivity index is 0.000000193. The summed E-state index contributed by atoms with van der Waals surface area (Å²) in [5.41, 5.74) is 3.84. The second-order valence-corrected chi connectivity index (χ2v) is 46.0. The predicted molar refractivity (Wildman–Crippen MR) is 445 cm³/mol. The van der Waals surface area contributed by atoms with E-state index in [4.69, 9.17) is 15.2 Å². The molecule has 15 aliphatic rings. The molecular weight excluding hydrogens is 1490 g/mol. The van der Waals surface area contributed by atoms with Crippen molar-refractivity contribution >= 4 is 61.5 Å². The van der Waals surface area contributed by atoms with E-state index in [0.717, 1.165) is 154 Å². The molecule has 646 valence electrons. The Morgan fingerprint density at radius 3 is 1.21 bits per heavy atom. The normalized spacial score (nSPS) is 34.8. The van der Waals surface area contributed by atoms with Crippen LogP contribution in [0, 0.1) is 88.7 Å². The van der Waals surface area contributed by atoms with Gasteiger partial charge in [-0.3, -0.25) is 38.5 Å². The maximum absolute atomic E-state index is 15.9. The summed E-state index contributed by atoms with van der Waals surface area (Å²) in [4.78, 5) is 110. The number of amides is 5. The molecule has 7 aliphatic heterocycles. The molecule has 8 aliphatic carbocycles. The van der Waals surface area contributed by atoms with E-state index in [1.165, 1.54) is 40.7 Å². The molecule has 7 heterocycles. The van der Waals surface area contributed by atoms with Crippen LogP contribution in [0.3, 0.4) is 0 Å². The summed E-state index contributed by atoms with van der Waals surface area (Å²) in [6, 6.07) is -1.28. The lowest BCUT2D eigenvalue weighted by atomic mass is 9.65. The van der Waals surface area contributed by atoms with E-state index in [1.54, 1.807) is 12.2 Å². The van der Waals surface area contributed by atoms with Crippen LogP contribution in [-0.2, 0) is 63.5 Å². The van der Waals surface area contributed by atoms with Crippen LogP contribution >= 0.6 is 0 Å². The fraction of sp³-hybridized carbons (Fsp3) is 0.879. The number of piperidine rings is 1. The molecule has 0 unspecified atom stereocenters. The lowest BCUT2D eigenvalue weighted by molar-refractivity contribution is -0.148. The molecule has 0 aromatic carbocycles. The number of nitrogens with one attached hydrogen (secondary N) is 3. The van der Waals surface area contributed by atoms with Gasteiger partial charge < -0.3 is 30.3 Å². The van der Waals surface area contributed by atoms with Crippen LogP contribution in [0.25, 0.3) is 0 Å². The lowest BCUT2D eigenvalue weighted by Gasteiger charge is -2.46. The van der Waals surface area contributed by atoms with Crippen molar-refractivity contribution in [3.63, 3.8) is 0 Å². The highest BCUT2D eigenvalue weighted by molar-refractivity contribution is 7.88. The van der Waals surface area contributed by atoms with Crippen LogP contribution in [0.15, 0.2) is 25.3 Å². The van der Waals surface area contributed by atoms with Gasteiger partial charge in [0.2, 0.25) is 29.5 Å². The van der Waals surface area contributed by atoms with Crippen LogP contribution in [-0.4, -0.2) is 190 Å². The first-order valence-electron chi connectivity index (χ1n) is 45.9. The molecule has 22 nitrogen and oxygen atoms in total. The van der Waals surface area contributed by atoms with Crippen LogP contribution < -0.4 is 20.5 Å². The van der Waals surface area contributed by atoms with Crippen LogP contribution in [0.2, 0.25) is 0 Å².